The van der Waals surface area contributed by atoms with Gasteiger partial charge in [0.25, 0.3) is 0 Å². The van der Waals surface area contributed by atoms with Gasteiger partial charge in [0.05, 0.1) is 5.75 Å². The third-order valence-corrected chi connectivity index (χ3v) is 7.14. The monoisotopic (exact) mass is 396 g/mol. The molecule has 1 aliphatic heterocycles. The van der Waals surface area contributed by atoms with Crippen LogP contribution < -0.4 is 0 Å². The van der Waals surface area contributed by atoms with Gasteiger partial charge in [-0.05, 0) is 37.5 Å². The summed E-state index contributed by atoms with van der Waals surface area (Å²) in [6.07, 6.45) is 6.98. The van der Waals surface area contributed by atoms with Crippen LogP contribution in [0.15, 0.2) is 61.1 Å². The van der Waals surface area contributed by atoms with Gasteiger partial charge in [-0.15, -0.1) is 0 Å². The minimum atomic E-state index is -3.30. The molecule has 0 unspecified atom stereocenters. The van der Waals surface area contributed by atoms with E-state index in [1.165, 1.54) is 0 Å². The largest absolute Gasteiger partial charge is 0.325 e. The van der Waals surface area contributed by atoms with Crippen molar-refractivity contribution in [2.24, 2.45) is 0 Å². The highest BCUT2D eigenvalue weighted by Crippen LogP contribution is 2.31. The third-order valence-electron chi connectivity index (χ3n) is 5.29. The fraction of sp³-hybridized carbons (Fsp3) is 0.333. The molecule has 6 nitrogen and oxygen atoms in total. The lowest BCUT2D eigenvalue weighted by molar-refractivity contribution is 0.273. The van der Waals surface area contributed by atoms with Crippen LogP contribution in [0.25, 0.3) is 11.4 Å². The fourth-order valence-electron chi connectivity index (χ4n) is 3.88. The Labute approximate surface area is 165 Å². The molecule has 0 amide bonds. The van der Waals surface area contributed by atoms with E-state index in [1.54, 1.807) is 16.7 Å². The van der Waals surface area contributed by atoms with Gasteiger partial charge in [-0.2, -0.15) is 0 Å². The first-order chi connectivity index (χ1) is 13.5. The molecule has 1 saturated heterocycles. The maximum atomic E-state index is 12.8. The molecule has 146 valence electrons. The highest BCUT2D eigenvalue weighted by atomic mass is 32.2. The Bertz CT molecular complexity index is 1020. The average Bonchev–Trinajstić information content (AvgIpc) is 3.11. The van der Waals surface area contributed by atoms with Crippen molar-refractivity contribution in [1.82, 2.24) is 18.8 Å². The second-order valence-electron chi connectivity index (χ2n) is 7.20. The van der Waals surface area contributed by atoms with Crippen LogP contribution in [-0.4, -0.2) is 40.3 Å². The van der Waals surface area contributed by atoms with Crippen molar-refractivity contribution >= 4 is 10.0 Å². The summed E-state index contributed by atoms with van der Waals surface area (Å²) in [4.78, 5) is 8.67. The van der Waals surface area contributed by atoms with Crippen molar-refractivity contribution in [1.29, 1.82) is 0 Å². The Kier molecular flexibility index (Phi) is 5.28. The number of benzene rings is 1. The minimum Gasteiger partial charge on any atom is -0.325 e. The number of aryl methyl sites for hydroxylation is 1. The highest BCUT2D eigenvalue weighted by Gasteiger charge is 2.30. The summed E-state index contributed by atoms with van der Waals surface area (Å²) in [6.45, 7) is 3.12. The summed E-state index contributed by atoms with van der Waals surface area (Å²) in [5, 5.41) is 0. The first-order valence-corrected chi connectivity index (χ1v) is 11.1. The van der Waals surface area contributed by atoms with Crippen LogP contribution >= 0.6 is 0 Å². The molecule has 2 aromatic heterocycles. The number of piperidine rings is 1. The molecule has 0 saturated carbocycles. The molecule has 1 aromatic carbocycles. The summed E-state index contributed by atoms with van der Waals surface area (Å²) >= 11 is 0. The number of imidazole rings is 1. The van der Waals surface area contributed by atoms with Crippen LogP contribution in [0.3, 0.4) is 0 Å². The molecule has 3 heterocycles. The molecule has 7 heteroatoms. The first-order valence-electron chi connectivity index (χ1n) is 9.50. The van der Waals surface area contributed by atoms with E-state index in [1.807, 2.05) is 48.7 Å². The van der Waals surface area contributed by atoms with Gasteiger partial charge in [-0.3, -0.25) is 4.98 Å². The van der Waals surface area contributed by atoms with Crippen LogP contribution in [0.1, 0.15) is 30.1 Å². The summed E-state index contributed by atoms with van der Waals surface area (Å²) in [5.74, 6) is 0.982. The summed E-state index contributed by atoms with van der Waals surface area (Å²) < 4.78 is 29.5. The molecular formula is C21H24N4O2S. The second-order valence-corrected chi connectivity index (χ2v) is 9.17. The van der Waals surface area contributed by atoms with Gasteiger partial charge in [0.15, 0.2) is 0 Å². The van der Waals surface area contributed by atoms with Gasteiger partial charge >= 0.3 is 0 Å². The van der Waals surface area contributed by atoms with Gasteiger partial charge in [-0.25, -0.2) is 17.7 Å². The zero-order chi connectivity index (χ0) is 19.6. The third kappa shape index (κ3) is 3.86. The van der Waals surface area contributed by atoms with E-state index in [2.05, 4.69) is 21.5 Å². The lowest BCUT2D eigenvalue weighted by atomic mass is 10.1. The number of hydrogen-bond acceptors (Lipinski definition) is 4. The Balaban J connectivity index is 1.49. The maximum absolute atomic E-state index is 12.8. The normalized spacial score (nSPS) is 16.3. The van der Waals surface area contributed by atoms with Crippen molar-refractivity contribution in [3.8, 4) is 11.4 Å². The minimum absolute atomic E-state index is 0.0604. The van der Waals surface area contributed by atoms with E-state index in [0.717, 1.165) is 35.5 Å². The van der Waals surface area contributed by atoms with Gasteiger partial charge in [0, 0.05) is 49.0 Å². The number of nitrogens with zero attached hydrogens (tertiary/aromatic N) is 4. The van der Waals surface area contributed by atoms with Crippen molar-refractivity contribution in [2.75, 3.05) is 13.1 Å². The van der Waals surface area contributed by atoms with Crippen molar-refractivity contribution in [3.05, 3.63) is 72.3 Å². The van der Waals surface area contributed by atoms with Crippen molar-refractivity contribution in [2.45, 2.75) is 31.6 Å². The van der Waals surface area contributed by atoms with Gasteiger partial charge in [0.1, 0.15) is 5.82 Å². The molecule has 4 rings (SSSR count). The van der Waals surface area contributed by atoms with E-state index in [-0.39, 0.29) is 11.8 Å². The molecule has 1 aliphatic rings. The Morgan fingerprint density at radius 3 is 2.39 bits per heavy atom. The van der Waals surface area contributed by atoms with Gasteiger partial charge in [0.2, 0.25) is 10.0 Å². The van der Waals surface area contributed by atoms with E-state index < -0.39 is 10.0 Å². The van der Waals surface area contributed by atoms with Crippen molar-refractivity contribution < 1.29 is 8.42 Å². The van der Waals surface area contributed by atoms with Crippen LogP contribution in [0, 0.1) is 6.92 Å². The van der Waals surface area contributed by atoms with E-state index in [0.29, 0.717) is 13.1 Å². The molecule has 0 aliphatic carbocycles. The van der Waals surface area contributed by atoms with Crippen molar-refractivity contribution in [3.63, 3.8) is 0 Å². The molecule has 0 spiro atoms. The number of rotatable bonds is 5. The smallest absolute Gasteiger partial charge is 0.218 e. The summed E-state index contributed by atoms with van der Waals surface area (Å²) in [6, 6.07) is 13.5. The fourth-order valence-corrected chi connectivity index (χ4v) is 5.44. The molecule has 28 heavy (non-hydrogen) atoms. The van der Waals surface area contributed by atoms with E-state index in [4.69, 9.17) is 0 Å². The maximum Gasteiger partial charge on any atom is 0.218 e. The molecule has 0 bridgehead atoms. The zero-order valence-electron chi connectivity index (χ0n) is 15.9. The Morgan fingerprint density at radius 1 is 1.04 bits per heavy atom. The highest BCUT2D eigenvalue weighted by molar-refractivity contribution is 7.88. The van der Waals surface area contributed by atoms with Gasteiger partial charge in [-0.1, -0.05) is 30.3 Å². The second kappa shape index (κ2) is 7.85. The topological polar surface area (TPSA) is 68.1 Å². The van der Waals surface area contributed by atoms with Gasteiger partial charge < -0.3 is 4.57 Å². The summed E-state index contributed by atoms with van der Waals surface area (Å²) in [5.41, 5.74) is 2.95. The molecule has 1 fully saturated rings. The van der Waals surface area contributed by atoms with Crippen LogP contribution in [0.2, 0.25) is 0 Å². The Morgan fingerprint density at radius 2 is 1.71 bits per heavy atom. The predicted octanol–water partition coefficient (Wildman–Crippen LogP) is 3.42. The molecule has 0 N–H and O–H groups in total. The van der Waals surface area contributed by atoms with Crippen LogP contribution in [-0.2, 0) is 15.8 Å². The predicted molar refractivity (Wildman–Crippen MR) is 109 cm³/mol. The standard InChI is InChI=1S/C21H24N4O2S/c1-17-15-23-21(19-7-11-22-12-8-19)25(17)20-9-13-24(14-10-20)28(26,27)16-18-5-3-2-4-6-18/h2-8,11-12,15,20H,9-10,13-14,16H2,1H3. The number of sulfonamides is 1. The van der Waals surface area contributed by atoms with Crippen LogP contribution in [0.4, 0.5) is 0 Å². The first kappa shape index (κ1) is 18.8. The Hall–Kier alpha value is -2.51. The molecule has 0 atom stereocenters. The molecule has 3 aromatic rings. The van der Waals surface area contributed by atoms with E-state index >= 15 is 0 Å². The molecule has 0 radical (unpaired) electrons. The lowest BCUT2D eigenvalue weighted by Crippen LogP contribution is -2.39. The van der Waals surface area contributed by atoms with Crippen LogP contribution in [0.5, 0.6) is 0 Å². The lowest BCUT2D eigenvalue weighted by Gasteiger charge is -2.33. The SMILES string of the molecule is Cc1cnc(-c2ccncc2)n1C1CCN(S(=O)(=O)Cc2ccccc2)CC1. The summed E-state index contributed by atoms with van der Waals surface area (Å²) in [7, 11) is -3.30. The number of pyridine rings is 1. The van der Waals surface area contributed by atoms with E-state index in [9.17, 15) is 8.42 Å². The average molecular weight is 397 g/mol. The molecular weight excluding hydrogens is 372 g/mol. The quantitative estimate of drug-likeness (QED) is 0.663. The number of hydrogen-bond donors (Lipinski definition) is 0. The number of aromatic nitrogens is 3. The zero-order valence-corrected chi connectivity index (χ0v) is 16.7.